The molecule has 2 unspecified atom stereocenters. The van der Waals surface area contributed by atoms with Crippen LogP contribution in [0.3, 0.4) is 0 Å². The van der Waals surface area contributed by atoms with Crippen LogP contribution in [0.1, 0.15) is 43.9 Å². The SMILES string of the molecule is CN(C)c1cc(CNOC(C)(C)C)c(O)c2c1C[C@H]1CC3(O)C(C(=O)C(C(N)=O)=C(O)[C@@H]3N(C)C)C(=O)C1=C2O. The van der Waals surface area contributed by atoms with Gasteiger partial charge in [-0.25, -0.2) is 0 Å². The number of hydrogen-bond donors (Lipinski definition) is 6. The number of ketones is 2. The molecule has 7 N–H and O–H groups in total. The maximum Gasteiger partial charge on any atom is 0.255 e. The van der Waals surface area contributed by atoms with E-state index in [2.05, 4.69) is 5.48 Å². The Labute approximate surface area is 232 Å². The summed E-state index contributed by atoms with van der Waals surface area (Å²) in [6.07, 6.45) is -0.0203. The van der Waals surface area contributed by atoms with E-state index in [-0.39, 0.29) is 36.3 Å². The number of aliphatic hydroxyl groups excluding tert-OH is 2. The van der Waals surface area contributed by atoms with E-state index in [0.717, 1.165) is 0 Å². The number of aliphatic hydroxyl groups is 3. The molecule has 3 aliphatic rings. The first-order valence-electron chi connectivity index (χ1n) is 13.0. The molecule has 4 rings (SSSR count). The lowest BCUT2D eigenvalue weighted by Gasteiger charge is -2.51. The minimum atomic E-state index is -2.08. The van der Waals surface area contributed by atoms with E-state index in [1.165, 1.54) is 19.0 Å². The molecular formula is C28H38N4O8. The molecule has 0 aromatic heterocycles. The van der Waals surface area contributed by atoms with Gasteiger partial charge in [-0.15, -0.1) is 0 Å². The summed E-state index contributed by atoms with van der Waals surface area (Å²) in [4.78, 5) is 48.3. The van der Waals surface area contributed by atoms with Gasteiger partial charge in [-0.3, -0.25) is 24.1 Å². The van der Waals surface area contributed by atoms with Crippen LogP contribution < -0.4 is 16.1 Å². The van der Waals surface area contributed by atoms with Crippen molar-refractivity contribution in [3.8, 4) is 5.75 Å². The fourth-order valence-electron chi connectivity index (χ4n) is 6.34. The van der Waals surface area contributed by atoms with Gasteiger partial charge in [0, 0.05) is 37.5 Å². The first-order chi connectivity index (χ1) is 18.4. The van der Waals surface area contributed by atoms with Gasteiger partial charge in [0.05, 0.1) is 17.2 Å². The highest BCUT2D eigenvalue weighted by Crippen LogP contribution is 2.53. The molecule has 3 aliphatic carbocycles. The van der Waals surface area contributed by atoms with Crippen LogP contribution in [0, 0.1) is 11.8 Å². The van der Waals surface area contributed by atoms with Crippen LogP contribution in [0.2, 0.25) is 0 Å². The van der Waals surface area contributed by atoms with Crippen LogP contribution in [0.5, 0.6) is 5.75 Å². The zero-order chi connectivity index (χ0) is 30.1. The number of hydrogen-bond acceptors (Lipinski definition) is 11. The number of phenols is 1. The Kier molecular flexibility index (Phi) is 7.29. The summed E-state index contributed by atoms with van der Waals surface area (Å²) in [5, 5.41) is 45.6. The predicted octanol–water partition coefficient (Wildman–Crippen LogP) is 0.850. The molecule has 0 radical (unpaired) electrons. The van der Waals surface area contributed by atoms with Crippen molar-refractivity contribution in [2.45, 2.75) is 57.4 Å². The van der Waals surface area contributed by atoms with Crippen molar-refractivity contribution in [2.75, 3.05) is 33.1 Å². The Morgan fingerprint density at radius 2 is 1.77 bits per heavy atom. The zero-order valence-electron chi connectivity index (χ0n) is 23.8. The van der Waals surface area contributed by atoms with Gasteiger partial charge >= 0.3 is 0 Å². The van der Waals surface area contributed by atoms with Crippen molar-refractivity contribution in [2.24, 2.45) is 17.6 Å². The van der Waals surface area contributed by atoms with Crippen molar-refractivity contribution in [3.05, 3.63) is 39.7 Å². The van der Waals surface area contributed by atoms with Gasteiger partial charge in [0.1, 0.15) is 34.4 Å². The minimum Gasteiger partial charge on any atom is -0.510 e. The molecule has 0 saturated heterocycles. The number of fused-ring (bicyclic) bond motifs is 3. The highest BCUT2D eigenvalue weighted by atomic mass is 16.7. The number of amides is 1. The molecule has 0 spiro atoms. The summed E-state index contributed by atoms with van der Waals surface area (Å²) in [7, 11) is 6.68. The van der Waals surface area contributed by atoms with Crippen LogP contribution in [0.15, 0.2) is 23.0 Å². The van der Waals surface area contributed by atoms with Crippen molar-refractivity contribution in [1.29, 1.82) is 0 Å². The second-order valence-electron chi connectivity index (χ2n) is 12.2. The lowest BCUT2D eigenvalue weighted by atomic mass is 9.57. The standard InChI is InChI=1S/C28H38N4O8/c1-27(2,3)40-30-11-13-9-15(31(4)5)14-8-12-10-28(39)19(22(35)16(12)21(34)17(14)20(13)33)23(36)18(26(29)38)24(37)25(28)32(6)7/h9,12,19,25,30,33-34,37,39H,8,10-11H2,1-7H3,(H2,29,38)/t12-,19?,25-,28?/m0/s1. The number of phenolic OH excluding ortho intramolecular Hbond substituents is 1. The molecular weight excluding hydrogens is 520 g/mol. The number of Topliss-reactive ketones (excluding diaryl/α,β-unsaturated/α-hetero) is 2. The first kappa shape index (κ1) is 29.5. The van der Waals surface area contributed by atoms with E-state index in [9.17, 15) is 34.8 Å². The number of rotatable bonds is 6. The van der Waals surface area contributed by atoms with Crippen molar-refractivity contribution < 1.29 is 39.6 Å². The van der Waals surface area contributed by atoms with Gasteiger partial charge in [0.25, 0.3) is 5.91 Å². The number of anilines is 1. The fourth-order valence-corrected chi connectivity index (χ4v) is 6.34. The van der Waals surface area contributed by atoms with E-state index in [0.29, 0.717) is 16.8 Å². The topological polar surface area (TPSA) is 186 Å². The maximum atomic E-state index is 14.0. The summed E-state index contributed by atoms with van der Waals surface area (Å²) < 4.78 is 0. The number of allylic oxidation sites excluding steroid dienone is 1. The minimum absolute atomic E-state index is 0.0599. The van der Waals surface area contributed by atoms with Crippen LogP contribution in [-0.2, 0) is 32.2 Å². The Bertz CT molecular complexity index is 1360. The first-order valence-corrected chi connectivity index (χ1v) is 13.0. The number of nitrogens with one attached hydrogen (secondary N) is 1. The largest absolute Gasteiger partial charge is 0.510 e. The number of nitrogens with two attached hydrogens (primary N) is 1. The normalized spacial score (nSPS) is 26.6. The van der Waals surface area contributed by atoms with Crippen molar-refractivity contribution in [1.82, 2.24) is 10.4 Å². The van der Waals surface area contributed by atoms with Crippen molar-refractivity contribution in [3.63, 3.8) is 0 Å². The predicted molar refractivity (Wildman–Crippen MR) is 146 cm³/mol. The molecule has 1 fully saturated rings. The molecule has 12 heteroatoms. The van der Waals surface area contributed by atoms with Gasteiger partial charge in [0.2, 0.25) is 0 Å². The third-order valence-electron chi connectivity index (χ3n) is 7.80. The van der Waals surface area contributed by atoms with Gasteiger partial charge < -0.3 is 31.1 Å². The Morgan fingerprint density at radius 1 is 1.15 bits per heavy atom. The molecule has 0 bridgehead atoms. The third-order valence-corrected chi connectivity index (χ3v) is 7.80. The zero-order valence-corrected chi connectivity index (χ0v) is 23.8. The van der Waals surface area contributed by atoms with Crippen LogP contribution in [-0.4, -0.2) is 88.2 Å². The number of nitrogens with zero attached hydrogens (tertiary/aromatic N) is 2. The van der Waals surface area contributed by atoms with Gasteiger partial charge in [-0.1, -0.05) is 0 Å². The highest BCUT2D eigenvalue weighted by molar-refractivity contribution is 6.29. The lowest BCUT2D eigenvalue weighted by Crippen LogP contribution is -2.67. The summed E-state index contributed by atoms with van der Waals surface area (Å²) in [6, 6.07) is 0.485. The number of primary amides is 1. The van der Waals surface area contributed by atoms with Crippen LogP contribution in [0.25, 0.3) is 5.76 Å². The summed E-state index contributed by atoms with van der Waals surface area (Å²) in [5.74, 6) is -7.17. The number of hydroxylamine groups is 1. The van der Waals surface area contributed by atoms with E-state index in [1.54, 1.807) is 20.2 Å². The maximum absolute atomic E-state index is 14.0. The summed E-state index contributed by atoms with van der Waals surface area (Å²) >= 11 is 0. The Morgan fingerprint density at radius 3 is 2.30 bits per heavy atom. The average Bonchev–Trinajstić information content (AvgIpc) is 2.77. The number of carbonyl (C=O) groups excluding carboxylic acids is 3. The van der Waals surface area contributed by atoms with Gasteiger partial charge in [0.15, 0.2) is 11.6 Å². The number of benzene rings is 1. The molecule has 40 heavy (non-hydrogen) atoms. The molecule has 1 aromatic carbocycles. The van der Waals surface area contributed by atoms with E-state index in [1.807, 2.05) is 25.7 Å². The number of carbonyl (C=O) groups is 3. The monoisotopic (exact) mass is 558 g/mol. The molecule has 218 valence electrons. The lowest BCUT2D eigenvalue weighted by molar-refractivity contribution is -0.157. The summed E-state index contributed by atoms with van der Waals surface area (Å²) in [6.45, 7) is 5.66. The molecule has 1 aromatic rings. The van der Waals surface area contributed by atoms with Crippen LogP contribution in [0.4, 0.5) is 5.69 Å². The third kappa shape index (κ3) is 4.54. The van der Waals surface area contributed by atoms with Gasteiger partial charge in [-0.05, 0) is 65.3 Å². The molecule has 0 aliphatic heterocycles. The highest BCUT2D eigenvalue weighted by Gasteiger charge is 2.64. The second kappa shape index (κ2) is 9.88. The molecule has 1 amide bonds. The van der Waals surface area contributed by atoms with Gasteiger partial charge in [-0.2, -0.15) is 5.48 Å². The molecule has 4 atom stereocenters. The smallest absolute Gasteiger partial charge is 0.255 e. The van der Waals surface area contributed by atoms with E-state index < -0.39 is 63.6 Å². The summed E-state index contributed by atoms with van der Waals surface area (Å²) in [5.41, 5.74) is 6.46. The molecule has 12 nitrogen and oxygen atoms in total. The molecule has 1 saturated carbocycles. The average molecular weight is 559 g/mol. The van der Waals surface area contributed by atoms with E-state index in [4.69, 9.17) is 10.6 Å². The quantitative estimate of drug-likeness (QED) is 0.165. The van der Waals surface area contributed by atoms with Crippen molar-refractivity contribution >= 4 is 28.9 Å². The fraction of sp³-hybridized carbons (Fsp3) is 0.536. The second-order valence-corrected chi connectivity index (χ2v) is 12.2. The van der Waals surface area contributed by atoms with Crippen LogP contribution >= 0.6 is 0 Å². The Hall–Kier alpha value is -3.45. The Balaban J connectivity index is 1.89. The number of likely N-dealkylation sites (N-methyl/N-ethyl adjacent to an activating group) is 1. The number of aromatic hydroxyl groups is 1. The molecule has 0 heterocycles. The van der Waals surface area contributed by atoms with E-state index >= 15 is 0 Å².